The van der Waals surface area contributed by atoms with Gasteiger partial charge >= 0.3 is 0 Å². The average Bonchev–Trinajstić information content (AvgIpc) is 4.05. The summed E-state index contributed by atoms with van der Waals surface area (Å²) in [6.45, 7) is 1.00. The zero-order valence-electron chi connectivity index (χ0n) is 38.7. The molecule has 1 atom stereocenters. The Hall–Kier alpha value is -9.15. The normalized spacial score (nSPS) is 23.1. The van der Waals surface area contributed by atoms with E-state index in [2.05, 4.69) is 59.4 Å². The van der Waals surface area contributed by atoms with Crippen molar-refractivity contribution < 1.29 is 0 Å². The lowest BCUT2D eigenvalue weighted by molar-refractivity contribution is 0.271. The van der Waals surface area contributed by atoms with Crippen molar-refractivity contribution >= 4 is 291 Å². The molecule has 3 nitrogen and oxygen atoms in total. The van der Waals surface area contributed by atoms with Gasteiger partial charge in [-0.05, 0) is 332 Å². The first kappa shape index (κ1) is 28.3. The molecule has 316 valence electrons. The molecule has 1 fully saturated rings. The number of hydrogen-bond acceptors (Lipinski definition) is 2. The van der Waals surface area contributed by atoms with Crippen LogP contribution in [0.5, 0.6) is 0 Å². The second-order valence-corrected chi connectivity index (χ2v) is 27.3. The van der Waals surface area contributed by atoms with Crippen molar-refractivity contribution in [2.75, 3.05) is 13.6 Å². The predicted molar refractivity (Wildman–Crippen MR) is 313 cm³/mol. The minimum Gasteiger partial charge on any atom is -0.297 e. The van der Waals surface area contributed by atoms with Gasteiger partial charge in [0.1, 0.15) is 0 Å². The van der Waals surface area contributed by atoms with Gasteiger partial charge in [-0.25, -0.2) is 4.68 Å². The lowest BCUT2D eigenvalue weighted by Gasteiger charge is -2.52. The molecule has 3 heteroatoms. The highest BCUT2D eigenvalue weighted by Gasteiger charge is 2.76. The van der Waals surface area contributed by atoms with Gasteiger partial charge in [-0.1, -0.05) is 18.2 Å². The Labute approximate surface area is 410 Å². The predicted octanol–water partition coefficient (Wildman–Crippen LogP) is 18.2. The van der Waals surface area contributed by atoms with Crippen molar-refractivity contribution in [3.63, 3.8) is 0 Å². The number of benzene rings is 19. The maximum Gasteiger partial charge on any atom is 0.0645 e. The number of likely N-dealkylation sites (tertiary alicyclic amines) is 1. The summed E-state index contributed by atoms with van der Waals surface area (Å²) in [7, 11) is 2.55. The van der Waals surface area contributed by atoms with E-state index in [-0.39, 0.29) is 16.9 Å². The number of likely N-dealkylation sites (N-methyl/N-ethyl adjacent to an activating group) is 1. The number of hydrogen-bond donors (Lipinski definition) is 0. The van der Waals surface area contributed by atoms with E-state index in [1.807, 2.05) is 0 Å². The zero-order chi connectivity index (χ0) is 44.7. The summed E-state index contributed by atoms with van der Waals surface area (Å²) < 4.78 is 2.21. The first-order valence-corrected chi connectivity index (χ1v) is 27.9. The van der Waals surface area contributed by atoms with Crippen LogP contribution in [0.15, 0.2) is 42.7 Å². The van der Waals surface area contributed by atoms with Gasteiger partial charge < -0.3 is 0 Å². The molecule has 29 aromatic carbocycles. The summed E-state index contributed by atoms with van der Waals surface area (Å²) >= 11 is 0. The largest absolute Gasteiger partial charge is 0.297 e. The second-order valence-electron chi connectivity index (χ2n) is 27.3. The van der Waals surface area contributed by atoms with Crippen LogP contribution < -0.4 is 0 Å². The molecule has 1 saturated heterocycles. The Morgan fingerprint density at radius 3 is 0.827 bits per heavy atom. The smallest absolute Gasteiger partial charge is 0.0645 e. The fraction of sp³-hybridized carbons (Fsp3) is 0.0694. The molecule has 2 spiro atoms. The summed E-state index contributed by atoms with van der Waals surface area (Å²) in [6, 6.07) is 11.0. The maximum atomic E-state index is 5.39. The summed E-state index contributed by atoms with van der Waals surface area (Å²) in [6.07, 6.45) is 4.79. The third kappa shape index (κ3) is 1.57. The summed E-state index contributed by atoms with van der Waals surface area (Å²) in [5, 5.41) is 95.0. The van der Waals surface area contributed by atoms with E-state index in [9.17, 15) is 0 Å². The van der Waals surface area contributed by atoms with Crippen molar-refractivity contribution in [1.29, 1.82) is 0 Å². The van der Waals surface area contributed by atoms with Crippen molar-refractivity contribution in [1.82, 2.24) is 14.7 Å². The molecule has 4 aliphatic carbocycles. The number of aromatic nitrogens is 2. The molecule has 35 rings (SSSR count). The zero-order valence-corrected chi connectivity index (χ0v) is 38.7. The molecule has 1 aliphatic heterocycles. The van der Waals surface area contributed by atoms with E-state index in [0.717, 1.165) is 12.2 Å². The second kappa shape index (κ2) is 6.55. The quantitative estimate of drug-likeness (QED) is 0.161. The Morgan fingerprint density at radius 1 is 0.320 bits per heavy atom. The molecule has 75 heavy (non-hydrogen) atoms. The van der Waals surface area contributed by atoms with Gasteiger partial charge in [-0.15, -0.1) is 0 Å². The van der Waals surface area contributed by atoms with Crippen molar-refractivity contribution in [3.05, 3.63) is 70.5 Å². The molecule has 2 heterocycles. The molecule has 30 aromatic rings. The average molecular weight is 920 g/mol. The molecule has 5 aliphatic rings. The third-order valence-electron chi connectivity index (χ3n) is 26.8. The standard InChI is InChI=1S/C72H13N3/c1-74-9-71-66-58-50-40-30-22-14-12-13-16-20-18(14)26-34-28(20)38-32-24(16)25-17(13)21-19-15(12)23(22)31-37-27(19)35-29(21)39-33(25)43-42(32)54-48(38)56-46(34)52(44(50)36(26)30)60(66)62(56)68-64(54)65-55(43)49(39)57-47(35)53-45(37)51(41(31)40)59(58)67(71)61(53)63(57)69(65)72(68,71)70(74)10-7-73-75(8-10)11-5-3-2-4-6-11/h2-8,70H,9H2,1H3. The maximum absolute atomic E-state index is 5.39. The SMILES string of the molecule is CN1CC23c4c5c6c7c8c9c(c%10c%11c2c2c4c4c%12c5c5c6c6c8c8c%13c9c9c%10c%10c%11c%11c2c2c4c4c%12c%12c5c5c6c8c6c8c%13c9c9c%10c%10c%11c2c2c4c4c%12c5c6c5c8c9c%10c2c45)C73C1c1cnn(-c2ccccc2)c1. The fourth-order valence-corrected chi connectivity index (χ4v) is 26.8. The van der Waals surface area contributed by atoms with Crippen molar-refractivity contribution in [2.45, 2.75) is 16.9 Å². The Bertz CT molecular complexity index is 7560. The van der Waals surface area contributed by atoms with Gasteiger partial charge in [0, 0.05) is 18.3 Å². The van der Waals surface area contributed by atoms with Crippen LogP contribution in [0, 0.1) is 0 Å². The van der Waals surface area contributed by atoms with Crippen molar-refractivity contribution in [2.24, 2.45) is 0 Å². The van der Waals surface area contributed by atoms with Crippen LogP contribution in [0.25, 0.3) is 297 Å². The van der Waals surface area contributed by atoms with Gasteiger partial charge in [0.05, 0.1) is 28.8 Å². The summed E-state index contributed by atoms with van der Waals surface area (Å²) in [4.78, 5) is 2.91. The van der Waals surface area contributed by atoms with Gasteiger partial charge in [0.15, 0.2) is 0 Å². The number of para-hydroxylation sites is 1. The summed E-state index contributed by atoms with van der Waals surface area (Å²) in [5.74, 6) is 0. The molecule has 0 amide bonds. The Balaban J connectivity index is 1.08. The minimum atomic E-state index is -0.377. The Kier molecular flexibility index (Phi) is 2.48. The molecular weight excluding hydrogens is 907 g/mol. The van der Waals surface area contributed by atoms with Crippen LogP contribution in [-0.4, -0.2) is 28.3 Å². The van der Waals surface area contributed by atoms with Crippen LogP contribution in [0.3, 0.4) is 0 Å². The third-order valence-corrected chi connectivity index (χ3v) is 26.8. The van der Waals surface area contributed by atoms with Gasteiger partial charge in [0.2, 0.25) is 0 Å². The Morgan fingerprint density at radius 2 is 0.560 bits per heavy atom. The highest BCUT2D eigenvalue weighted by atomic mass is 15.3. The minimum absolute atomic E-state index is 0.0747. The van der Waals surface area contributed by atoms with Crippen molar-refractivity contribution in [3.8, 4) is 5.69 Å². The van der Waals surface area contributed by atoms with Crippen LogP contribution >= 0.6 is 0 Å². The molecule has 0 bridgehead atoms. The first-order valence-electron chi connectivity index (χ1n) is 27.9. The molecule has 0 radical (unpaired) electrons. The highest BCUT2D eigenvalue weighted by molar-refractivity contribution is 6.82. The van der Waals surface area contributed by atoms with E-state index in [1.54, 1.807) is 313 Å². The summed E-state index contributed by atoms with van der Waals surface area (Å²) in [5.41, 5.74) is 8.81. The van der Waals surface area contributed by atoms with E-state index in [4.69, 9.17) is 5.10 Å². The van der Waals surface area contributed by atoms with Gasteiger partial charge in [0.25, 0.3) is 0 Å². The van der Waals surface area contributed by atoms with Crippen LogP contribution in [0.1, 0.15) is 33.9 Å². The fourth-order valence-electron chi connectivity index (χ4n) is 26.8. The van der Waals surface area contributed by atoms with Gasteiger partial charge in [-0.2, -0.15) is 5.10 Å². The molecule has 1 unspecified atom stereocenters. The van der Waals surface area contributed by atoms with Crippen LogP contribution in [0.2, 0.25) is 0 Å². The van der Waals surface area contributed by atoms with Crippen LogP contribution in [-0.2, 0) is 10.8 Å². The first-order chi connectivity index (χ1) is 37.3. The number of rotatable bonds is 2. The molecular formula is C72H13N3. The number of nitrogens with zero attached hydrogens (tertiary/aromatic N) is 3. The monoisotopic (exact) mass is 919 g/mol. The topological polar surface area (TPSA) is 21.1 Å². The van der Waals surface area contributed by atoms with E-state index < -0.39 is 0 Å². The van der Waals surface area contributed by atoms with E-state index >= 15 is 0 Å². The molecule has 1 aromatic heterocycles. The molecule has 0 saturated carbocycles. The highest BCUT2D eigenvalue weighted by Crippen LogP contribution is 2.87. The van der Waals surface area contributed by atoms with E-state index in [0.29, 0.717) is 0 Å². The van der Waals surface area contributed by atoms with E-state index in [1.165, 1.54) is 5.56 Å². The lowest BCUT2D eigenvalue weighted by Crippen LogP contribution is -2.51. The molecule has 0 N–H and O–H groups in total. The van der Waals surface area contributed by atoms with Crippen LogP contribution in [0.4, 0.5) is 0 Å². The van der Waals surface area contributed by atoms with Gasteiger partial charge in [-0.3, -0.25) is 4.90 Å². The lowest BCUT2D eigenvalue weighted by atomic mass is 9.47.